The van der Waals surface area contributed by atoms with Crippen molar-refractivity contribution in [1.82, 2.24) is 25.5 Å². The lowest BCUT2D eigenvalue weighted by atomic mass is 9.85. The topological polar surface area (TPSA) is 108 Å². The zero-order valence-electron chi connectivity index (χ0n) is 15.3. The van der Waals surface area contributed by atoms with Crippen LogP contribution in [0.25, 0.3) is 0 Å². The van der Waals surface area contributed by atoms with Gasteiger partial charge in [0.15, 0.2) is 5.69 Å². The van der Waals surface area contributed by atoms with Gasteiger partial charge in [0, 0.05) is 19.6 Å². The Morgan fingerprint density at radius 1 is 1.25 bits per heavy atom. The minimum Gasteiger partial charge on any atom is -0.501 e. The highest BCUT2D eigenvalue weighted by Gasteiger charge is 2.41. The molecule has 2 aliphatic heterocycles. The van der Waals surface area contributed by atoms with Crippen molar-refractivity contribution in [2.24, 2.45) is 0 Å². The highest BCUT2D eigenvalue weighted by Crippen LogP contribution is 2.31. The van der Waals surface area contributed by atoms with Gasteiger partial charge in [-0.1, -0.05) is 12.1 Å². The van der Waals surface area contributed by atoms with Crippen LogP contribution in [0, 0.1) is 5.82 Å². The van der Waals surface area contributed by atoms with Crippen LogP contribution in [-0.4, -0.2) is 40.2 Å². The number of piperidine rings is 1. The number of hydrogen-bond acceptors (Lipinski definition) is 6. The highest BCUT2D eigenvalue weighted by atomic mass is 19.1. The van der Waals surface area contributed by atoms with E-state index in [0.29, 0.717) is 24.5 Å². The number of halogens is 1. The van der Waals surface area contributed by atoms with Gasteiger partial charge in [-0.05, 0) is 43.6 Å². The number of nitrogens with zero attached hydrogens (tertiary/aromatic N) is 2. The first-order valence-corrected chi connectivity index (χ1v) is 9.33. The van der Waals surface area contributed by atoms with Crippen LogP contribution in [-0.2, 0) is 18.6 Å². The van der Waals surface area contributed by atoms with Crippen LogP contribution in [0.1, 0.15) is 34.7 Å². The third-order valence-corrected chi connectivity index (χ3v) is 5.41. The summed E-state index contributed by atoms with van der Waals surface area (Å²) in [4.78, 5) is 29.7. The van der Waals surface area contributed by atoms with Gasteiger partial charge in [-0.3, -0.25) is 14.2 Å². The van der Waals surface area contributed by atoms with Crippen molar-refractivity contribution in [3.63, 3.8) is 0 Å². The fraction of sp³-hybridized carbons (Fsp3) is 0.421. The maximum atomic E-state index is 13.0. The number of rotatable bonds is 3. The molecular weight excluding hydrogens is 365 g/mol. The number of carbonyl (C=O) groups excluding carboxylic acids is 1. The highest BCUT2D eigenvalue weighted by molar-refractivity contribution is 5.94. The van der Waals surface area contributed by atoms with Crippen molar-refractivity contribution in [1.29, 1.82) is 0 Å². The number of nitrogens with one attached hydrogen (secondary N) is 3. The molecular formula is C19H22FN5O3. The average Bonchev–Trinajstić information content (AvgIpc) is 2.71. The molecule has 2 aliphatic rings. The molecule has 148 valence electrons. The lowest BCUT2D eigenvalue weighted by Gasteiger charge is -2.42. The molecule has 1 aromatic carbocycles. The lowest BCUT2D eigenvalue weighted by Crippen LogP contribution is -2.57. The molecule has 0 atom stereocenters. The quantitative estimate of drug-likeness (QED) is 0.599. The van der Waals surface area contributed by atoms with E-state index in [2.05, 4.69) is 20.9 Å². The summed E-state index contributed by atoms with van der Waals surface area (Å²) >= 11 is 0. The molecule has 0 unspecified atom stereocenters. The van der Waals surface area contributed by atoms with Gasteiger partial charge >= 0.3 is 0 Å². The predicted octanol–water partition coefficient (Wildman–Crippen LogP) is 0.200. The van der Waals surface area contributed by atoms with E-state index >= 15 is 0 Å². The fourth-order valence-electron chi connectivity index (χ4n) is 3.88. The summed E-state index contributed by atoms with van der Waals surface area (Å²) in [6.07, 6.45) is 1.47. The summed E-state index contributed by atoms with van der Waals surface area (Å²) in [5, 5.41) is 19.7. The van der Waals surface area contributed by atoms with Gasteiger partial charge in [0.2, 0.25) is 5.75 Å². The summed E-state index contributed by atoms with van der Waals surface area (Å²) in [6.45, 7) is 2.67. The third kappa shape index (κ3) is 3.27. The third-order valence-electron chi connectivity index (χ3n) is 5.41. The lowest BCUT2D eigenvalue weighted by molar-refractivity contribution is 0.0939. The SMILES string of the molecule is O=C(NCc1ccc(F)cc1)c1nc2n(c(=O)c1O)CCNC21CCNCC1. The maximum Gasteiger partial charge on any atom is 0.296 e. The smallest absolute Gasteiger partial charge is 0.296 e. The molecule has 4 rings (SSSR count). The van der Waals surface area contributed by atoms with E-state index in [0.717, 1.165) is 25.9 Å². The standard InChI is InChI=1S/C19H22FN5O3/c20-13-3-1-12(2-4-13)11-22-16(27)14-15(26)17(28)25-10-9-23-19(18(25)24-14)5-7-21-8-6-19/h1-4,21,23,26H,5-11H2,(H,22,27). The van der Waals surface area contributed by atoms with Gasteiger partial charge in [0.1, 0.15) is 11.6 Å². The molecule has 0 aliphatic carbocycles. The molecule has 0 radical (unpaired) electrons. The van der Waals surface area contributed by atoms with Gasteiger partial charge in [0.05, 0.1) is 5.54 Å². The molecule has 0 saturated carbocycles. The zero-order valence-corrected chi connectivity index (χ0v) is 15.3. The second-order valence-electron chi connectivity index (χ2n) is 7.16. The Balaban J connectivity index is 1.65. The summed E-state index contributed by atoms with van der Waals surface area (Å²) in [7, 11) is 0. The van der Waals surface area contributed by atoms with Crippen LogP contribution in [0.5, 0.6) is 5.75 Å². The molecule has 9 heteroatoms. The summed E-state index contributed by atoms with van der Waals surface area (Å²) in [6, 6.07) is 5.71. The number of hydrogen-bond donors (Lipinski definition) is 4. The number of aromatic nitrogens is 2. The van der Waals surface area contributed by atoms with Crippen LogP contribution >= 0.6 is 0 Å². The molecule has 1 saturated heterocycles. The molecule has 1 spiro atoms. The molecule has 2 aromatic rings. The van der Waals surface area contributed by atoms with E-state index in [9.17, 15) is 19.1 Å². The monoisotopic (exact) mass is 387 g/mol. The molecule has 0 bridgehead atoms. The summed E-state index contributed by atoms with van der Waals surface area (Å²) in [5.41, 5.74) is -0.667. The number of benzene rings is 1. The molecule has 4 N–H and O–H groups in total. The predicted molar refractivity (Wildman–Crippen MR) is 99.5 cm³/mol. The summed E-state index contributed by atoms with van der Waals surface area (Å²) in [5.74, 6) is -1.16. The van der Waals surface area contributed by atoms with Gasteiger partial charge in [-0.2, -0.15) is 0 Å². The van der Waals surface area contributed by atoms with Gasteiger partial charge in [-0.15, -0.1) is 0 Å². The normalized spacial score (nSPS) is 17.9. The van der Waals surface area contributed by atoms with Crippen molar-refractivity contribution in [3.8, 4) is 5.75 Å². The number of fused-ring (bicyclic) bond motifs is 2. The maximum absolute atomic E-state index is 13.0. The second-order valence-corrected chi connectivity index (χ2v) is 7.16. The molecule has 8 nitrogen and oxygen atoms in total. The Morgan fingerprint density at radius 2 is 1.96 bits per heavy atom. The van der Waals surface area contributed by atoms with Crippen LogP contribution in [0.3, 0.4) is 0 Å². The number of carbonyl (C=O) groups is 1. The van der Waals surface area contributed by atoms with Crippen LogP contribution in [0.4, 0.5) is 4.39 Å². The summed E-state index contributed by atoms with van der Waals surface area (Å²) < 4.78 is 14.5. The van der Waals surface area contributed by atoms with E-state index in [1.807, 2.05) is 0 Å². The van der Waals surface area contributed by atoms with Crippen molar-refractivity contribution in [2.75, 3.05) is 19.6 Å². The van der Waals surface area contributed by atoms with Gasteiger partial charge in [0.25, 0.3) is 11.5 Å². The first-order chi connectivity index (χ1) is 13.5. The molecule has 1 amide bonds. The number of aromatic hydroxyl groups is 1. The first kappa shape index (κ1) is 18.6. The van der Waals surface area contributed by atoms with Crippen molar-refractivity contribution in [3.05, 3.63) is 57.5 Å². The van der Waals surface area contributed by atoms with Crippen molar-refractivity contribution < 1.29 is 14.3 Å². The van der Waals surface area contributed by atoms with Crippen molar-refractivity contribution in [2.45, 2.75) is 31.5 Å². The molecule has 28 heavy (non-hydrogen) atoms. The van der Waals surface area contributed by atoms with Gasteiger partial charge < -0.3 is 21.1 Å². The van der Waals surface area contributed by atoms with E-state index in [1.54, 1.807) is 12.1 Å². The van der Waals surface area contributed by atoms with Gasteiger partial charge in [-0.25, -0.2) is 9.37 Å². The van der Waals surface area contributed by atoms with E-state index in [4.69, 9.17) is 0 Å². The second kappa shape index (κ2) is 7.33. The number of amides is 1. The van der Waals surface area contributed by atoms with Crippen molar-refractivity contribution >= 4 is 5.91 Å². The van der Waals surface area contributed by atoms with Crippen LogP contribution in [0.2, 0.25) is 0 Å². The minimum absolute atomic E-state index is 0.131. The van der Waals surface area contributed by atoms with E-state index < -0.39 is 22.8 Å². The fourth-order valence-corrected chi connectivity index (χ4v) is 3.88. The van der Waals surface area contributed by atoms with Crippen LogP contribution in [0.15, 0.2) is 29.1 Å². The van der Waals surface area contributed by atoms with E-state index in [1.165, 1.54) is 16.7 Å². The largest absolute Gasteiger partial charge is 0.501 e. The van der Waals surface area contributed by atoms with E-state index in [-0.39, 0.29) is 18.1 Å². The Labute approximate surface area is 160 Å². The Bertz CT molecular complexity index is 951. The zero-order chi connectivity index (χ0) is 19.7. The Kier molecular flexibility index (Phi) is 4.86. The minimum atomic E-state index is -0.647. The molecule has 1 aromatic heterocycles. The average molecular weight is 387 g/mol. The van der Waals surface area contributed by atoms with Crippen LogP contribution < -0.4 is 21.5 Å². The Morgan fingerprint density at radius 3 is 2.68 bits per heavy atom. The Hall–Kier alpha value is -2.78. The molecule has 3 heterocycles. The first-order valence-electron chi connectivity index (χ1n) is 9.33. The molecule has 1 fully saturated rings.